The van der Waals surface area contributed by atoms with E-state index in [1.165, 1.54) is 0 Å². The second kappa shape index (κ2) is 5.55. The number of benzene rings is 1. The van der Waals surface area contributed by atoms with Crippen LogP contribution in [-0.4, -0.2) is 35.1 Å². The van der Waals surface area contributed by atoms with E-state index in [9.17, 15) is 9.59 Å². The molecule has 1 aromatic carbocycles. The lowest BCUT2D eigenvalue weighted by molar-refractivity contribution is -0.139. The third-order valence-corrected chi connectivity index (χ3v) is 3.45. The summed E-state index contributed by atoms with van der Waals surface area (Å²) in [6.07, 6.45) is 0.132. The van der Waals surface area contributed by atoms with Crippen molar-refractivity contribution in [3.05, 3.63) is 27.8 Å². The van der Waals surface area contributed by atoms with E-state index in [0.717, 1.165) is 9.26 Å². The highest BCUT2D eigenvalue weighted by Crippen LogP contribution is 2.20. The lowest BCUT2D eigenvalue weighted by Gasteiger charge is -2.38. The summed E-state index contributed by atoms with van der Waals surface area (Å²) in [5.74, 6) is -0.721. The molecule has 1 heterocycles. The van der Waals surface area contributed by atoms with Crippen LogP contribution in [0.3, 0.4) is 0 Å². The van der Waals surface area contributed by atoms with Crippen LogP contribution in [0, 0.1) is 9.49 Å². The zero-order chi connectivity index (χ0) is 13.1. The molecule has 18 heavy (non-hydrogen) atoms. The number of carbonyl (C=O) groups is 2. The first-order valence-electron chi connectivity index (χ1n) is 5.58. The average Bonchev–Trinajstić information content (AvgIpc) is 2.22. The molecule has 1 saturated heterocycles. The molecule has 5 nitrogen and oxygen atoms in total. The predicted octanol–water partition coefficient (Wildman–Crippen LogP) is 2.23. The zero-order valence-electron chi connectivity index (χ0n) is 9.60. The highest BCUT2D eigenvalue weighted by Gasteiger charge is 2.31. The summed E-state index contributed by atoms with van der Waals surface area (Å²) in [5.41, 5.74) is 0.758. The molecule has 0 bridgehead atoms. The Hall–Kier alpha value is -1.31. The Morgan fingerprint density at radius 1 is 1.44 bits per heavy atom. The smallest absolute Gasteiger partial charge is 0.321 e. The number of anilines is 1. The Morgan fingerprint density at radius 3 is 2.78 bits per heavy atom. The normalized spacial score (nSPS) is 15.1. The van der Waals surface area contributed by atoms with Crippen molar-refractivity contribution in [1.82, 2.24) is 4.90 Å². The summed E-state index contributed by atoms with van der Waals surface area (Å²) >= 11 is 2.18. The first-order valence-corrected chi connectivity index (χ1v) is 6.66. The van der Waals surface area contributed by atoms with E-state index in [-0.39, 0.29) is 18.4 Å². The molecule has 1 fully saturated rings. The first-order chi connectivity index (χ1) is 8.54. The Kier molecular flexibility index (Phi) is 4.05. The summed E-state index contributed by atoms with van der Waals surface area (Å²) in [6, 6.07) is 7.36. The maximum Gasteiger partial charge on any atom is 0.321 e. The van der Waals surface area contributed by atoms with Crippen LogP contribution in [0.2, 0.25) is 0 Å². The standard InChI is InChI=1S/C12H13IN2O3/c13-9-2-1-3-10(5-9)14-12(18)15-6-8(7-15)4-11(16)17/h1-3,5,8H,4,6-7H2,(H,14,18)(H,16,17). The number of halogens is 1. The van der Waals surface area contributed by atoms with Crippen molar-refractivity contribution < 1.29 is 14.7 Å². The number of likely N-dealkylation sites (tertiary alicyclic amines) is 1. The van der Waals surface area contributed by atoms with E-state index < -0.39 is 5.97 Å². The van der Waals surface area contributed by atoms with Crippen LogP contribution in [-0.2, 0) is 4.79 Å². The number of nitrogens with zero attached hydrogens (tertiary/aromatic N) is 1. The van der Waals surface area contributed by atoms with Crippen molar-refractivity contribution in [2.24, 2.45) is 5.92 Å². The zero-order valence-corrected chi connectivity index (χ0v) is 11.8. The number of amides is 2. The fourth-order valence-corrected chi connectivity index (χ4v) is 2.42. The number of carbonyl (C=O) groups excluding carboxylic acids is 1. The second-order valence-electron chi connectivity index (χ2n) is 4.31. The predicted molar refractivity (Wildman–Crippen MR) is 75.5 cm³/mol. The fraction of sp³-hybridized carbons (Fsp3) is 0.333. The van der Waals surface area contributed by atoms with E-state index in [0.29, 0.717) is 13.1 Å². The van der Waals surface area contributed by atoms with E-state index in [1.54, 1.807) is 4.90 Å². The van der Waals surface area contributed by atoms with Gasteiger partial charge in [-0.2, -0.15) is 0 Å². The average molecular weight is 360 g/mol. The quantitative estimate of drug-likeness (QED) is 0.813. The van der Waals surface area contributed by atoms with Crippen molar-refractivity contribution in [3.63, 3.8) is 0 Å². The minimum absolute atomic E-state index is 0.0872. The molecule has 1 aliphatic rings. The van der Waals surface area contributed by atoms with Crippen molar-refractivity contribution in [2.45, 2.75) is 6.42 Å². The first kappa shape index (κ1) is 13.1. The maximum atomic E-state index is 11.8. The molecular formula is C12H13IN2O3. The molecule has 0 saturated carbocycles. The highest BCUT2D eigenvalue weighted by molar-refractivity contribution is 14.1. The van der Waals surface area contributed by atoms with Gasteiger partial charge in [-0.15, -0.1) is 0 Å². The maximum absolute atomic E-state index is 11.8. The highest BCUT2D eigenvalue weighted by atomic mass is 127. The van der Waals surface area contributed by atoms with Crippen molar-refractivity contribution in [2.75, 3.05) is 18.4 Å². The van der Waals surface area contributed by atoms with Crippen LogP contribution >= 0.6 is 22.6 Å². The van der Waals surface area contributed by atoms with Gasteiger partial charge in [-0.25, -0.2) is 4.79 Å². The summed E-state index contributed by atoms with van der Waals surface area (Å²) in [5, 5.41) is 11.4. The number of hydrogen-bond donors (Lipinski definition) is 2. The summed E-state index contributed by atoms with van der Waals surface area (Å²) in [6.45, 7) is 1.03. The largest absolute Gasteiger partial charge is 0.481 e. The molecular weight excluding hydrogens is 347 g/mol. The van der Waals surface area contributed by atoms with Gasteiger partial charge in [-0.05, 0) is 40.8 Å². The Bertz CT molecular complexity index is 472. The van der Waals surface area contributed by atoms with Crippen LogP contribution < -0.4 is 5.32 Å². The van der Waals surface area contributed by atoms with Gasteiger partial charge in [-0.1, -0.05) is 6.07 Å². The van der Waals surface area contributed by atoms with Gasteiger partial charge in [0.1, 0.15) is 0 Å². The molecule has 6 heteroatoms. The number of carboxylic acid groups (broad SMARTS) is 1. The number of urea groups is 1. The van der Waals surface area contributed by atoms with Gasteiger partial charge in [0.25, 0.3) is 0 Å². The van der Waals surface area contributed by atoms with Gasteiger partial charge in [0, 0.05) is 28.3 Å². The molecule has 0 atom stereocenters. The molecule has 2 rings (SSSR count). The molecule has 2 amide bonds. The van der Waals surface area contributed by atoms with Crippen LogP contribution in [0.5, 0.6) is 0 Å². The van der Waals surface area contributed by atoms with Crippen molar-refractivity contribution >= 4 is 40.3 Å². The molecule has 0 aromatic heterocycles. The van der Waals surface area contributed by atoms with Gasteiger partial charge >= 0.3 is 12.0 Å². The molecule has 1 aliphatic heterocycles. The van der Waals surface area contributed by atoms with Crippen LogP contribution in [0.15, 0.2) is 24.3 Å². The Labute approximate surface area is 118 Å². The van der Waals surface area contributed by atoms with Gasteiger partial charge in [0.15, 0.2) is 0 Å². The van der Waals surface area contributed by atoms with E-state index in [1.807, 2.05) is 24.3 Å². The minimum Gasteiger partial charge on any atom is -0.481 e. The van der Waals surface area contributed by atoms with E-state index in [2.05, 4.69) is 27.9 Å². The monoisotopic (exact) mass is 360 g/mol. The number of nitrogens with one attached hydrogen (secondary N) is 1. The molecule has 0 spiro atoms. The molecule has 1 aromatic rings. The Balaban J connectivity index is 1.82. The fourth-order valence-electron chi connectivity index (χ4n) is 1.88. The van der Waals surface area contributed by atoms with Gasteiger partial charge in [0.05, 0.1) is 6.42 Å². The summed E-state index contributed by atoms with van der Waals surface area (Å²) < 4.78 is 1.05. The van der Waals surface area contributed by atoms with E-state index in [4.69, 9.17) is 5.11 Å². The Morgan fingerprint density at radius 2 is 2.17 bits per heavy atom. The van der Waals surface area contributed by atoms with Crippen LogP contribution in [0.25, 0.3) is 0 Å². The van der Waals surface area contributed by atoms with Crippen LogP contribution in [0.4, 0.5) is 10.5 Å². The SMILES string of the molecule is O=C(O)CC1CN(C(=O)Nc2cccc(I)c2)C1. The third-order valence-electron chi connectivity index (χ3n) is 2.78. The van der Waals surface area contributed by atoms with Crippen molar-refractivity contribution in [3.8, 4) is 0 Å². The number of hydrogen-bond acceptors (Lipinski definition) is 2. The van der Waals surface area contributed by atoms with E-state index >= 15 is 0 Å². The lowest BCUT2D eigenvalue weighted by atomic mass is 9.97. The number of aliphatic carboxylic acids is 1. The summed E-state index contributed by atoms with van der Waals surface area (Å²) in [7, 11) is 0. The van der Waals surface area contributed by atoms with Gasteiger partial charge in [-0.3, -0.25) is 4.79 Å². The second-order valence-corrected chi connectivity index (χ2v) is 5.56. The lowest BCUT2D eigenvalue weighted by Crippen LogP contribution is -2.52. The number of carboxylic acids is 1. The van der Waals surface area contributed by atoms with Crippen LogP contribution in [0.1, 0.15) is 6.42 Å². The molecule has 2 N–H and O–H groups in total. The molecule has 0 unspecified atom stereocenters. The van der Waals surface area contributed by atoms with Gasteiger partial charge < -0.3 is 15.3 Å². The molecule has 0 radical (unpaired) electrons. The van der Waals surface area contributed by atoms with Crippen molar-refractivity contribution in [1.29, 1.82) is 0 Å². The topological polar surface area (TPSA) is 69.6 Å². The molecule has 0 aliphatic carbocycles. The summed E-state index contributed by atoms with van der Waals surface area (Å²) in [4.78, 5) is 23.9. The molecule has 96 valence electrons. The number of rotatable bonds is 3. The minimum atomic E-state index is -0.808. The third kappa shape index (κ3) is 3.34. The van der Waals surface area contributed by atoms with Gasteiger partial charge in [0.2, 0.25) is 0 Å².